The van der Waals surface area contributed by atoms with Crippen LogP contribution in [0.4, 0.5) is 0 Å². The van der Waals surface area contributed by atoms with Crippen molar-refractivity contribution in [2.45, 2.75) is 25.9 Å². The summed E-state index contributed by atoms with van der Waals surface area (Å²) < 4.78 is 0. The Kier molecular flexibility index (Phi) is 3.15. The van der Waals surface area contributed by atoms with Crippen molar-refractivity contribution in [3.63, 3.8) is 0 Å². The fourth-order valence-electron chi connectivity index (χ4n) is 1.91. The smallest absolute Gasteiger partial charge is 0.109 e. The number of thiazole rings is 1. The van der Waals surface area contributed by atoms with Crippen LogP contribution in [0.1, 0.15) is 24.9 Å². The Hall–Kier alpha value is -0.450. The summed E-state index contributed by atoms with van der Waals surface area (Å²) in [5.74, 6) is 0. The minimum atomic E-state index is 0.472. The lowest BCUT2D eigenvalue weighted by molar-refractivity contribution is 0.158. The molecule has 0 radical (unpaired) electrons. The van der Waals surface area contributed by atoms with Crippen LogP contribution in [0, 0.1) is 0 Å². The van der Waals surface area contributed by atoms with Gasteiger partial charge in [0.1, 0.15) is 5.01 Å². The van der Waals surface area contributed by atoms with Crippen LogP contribution in [0.15, 0.2) is 11.6 Å². The van der Waals surface area contributed by atoms with Gasteiger partial charge in [0.2, 0.25) is 0 Å². The topological polar surface area (TPSA) is 28.2 Å². The number of hydrogen-bond acceptors (Lipinski definition) is 4. The molecule has 0 aromatic carbocycles. The fraction of sp³-hybridized carbons (Fsp3) is 0.700. The molecule has 0 aliphatic carbocycles. The molecule has 1 fully saturated rings. The van der Waals surface area contributed by atoms with Crippen LogP contribution in [-0.4, -0.2) is 35.6 Å². The Morgan fingerprint density at radius 3 is 3.21 bits per heavy atom. The van der Waals surface area contributed by atoms with E-state index in [9.17, 15) is 0 Å². The molecule has 2 atom stereocenters. The number of aromatic nitrogens is 1. The lowest BCUT2D eigenvalue weighted by Crippen LogP contribution is -2.49. The minimum absolute atomic E-state index is 0.472. The Bertz CT molecular complexity index is 273. The van der Waals surface area contributed by atoms with Crippen LogP contribution in [0.5, 0.6) is 0 Å². The molecule has 0 saturated carbocycles. The van der Waals surface area contributed by atoms with Gasteiger partial charge in [-0.2, -0.15) is 0 Å². The van der Waals surface area contributed by atoms with Crippen LogP contribution in [-0.2, 0) is 0 Å². The summed E-state index contributed by atoms with van der Waals surface area (Å²) in [5.41, 5.74) is 0. The van der Waals surface area contributed by atoms with E-state index < -0.39 is 0 Å². The van der Waals surface area contributed by atoms with E-state index in [-0.39, 0.29) is 0 Å². The molecule has 2 heterocycles. The van der Waals surface area contributed by atoms with Gasteiger partial charge < -0.3 is 5.32 Å². The second-order valence-electron chi connectivity index (χ2n) is 3.90. The van der Waals surface area contributed by atoms with Gasteiger partial charge in [-0.15, -0.1) is 11.3 Å². The van der Waals surface area contributed by atoms with E-state index >= 15 is 0 Å². The normalized spacial score (nSPS) is 26.3. The van der Waals surface area contributed by atoms with E-state index in [0.717, 1.165) is 19.6 Å². The lowest BCUT2D eigenvalue weighted by atomic mass is 10.2. The van der Waals surface area contributed by atoms with Crippen molar-refractivity contribution in [2.24, 2.45) is 0 Å². The number of rotatable bonds is 2. The highest BCUT2D eigenvalue weighted by atomic mass is 32.1. The predicted octanol–water partition coefficient (Wildman–Crippen LogP) is 1.50. The van der Waals surface area contributed by atoms with Gasteiger partial charge in [0.05, 0.1) is 6.04 Å². The zero-order chi connectivity index (χ0) is 9.97. The molecule has 0 amide bonds. The first kappa shape index (κ1) is 10.1. The summed E-state index contributed by atoms with van der Waals surface area (Å²) in [4.78, 5) is 6.87. The molecular weight excluding hydrogens is 194 g/mol. The first-order chi connectivity index (χ1) is 6.77. The van der Waals surface area contributed by atoms with Crippen molar-refractivity contribution in [1.82, 2.24) is 15.2 Å². The van der Waals surface area contributed by atoms with Gasteiger partial charge in [0, 0.05) is 37.3 Å². The van der Waals surface area contributed by atoms with Crippen LogP contribution in [0.25, 0.3) is 0 Å². The summed E-state index contributed by atoms with van der Waals surface area (Å²) in [6, 6.07) is 1.07. The number of nitrogens with zero attached hydrogens (tertiary/aromatic N) is 2. The maximum absolute atomic E-state index is 4.37. The third-order valence-corrected chi connectivity index (χ3v) is 3.70. The first-order valence-electron chi connectivity index (χ1n) is 5.14. The molecule has 1 N–H and O–H groups in total. The van der Waals surface area contributed by atoms with E-state index in [1.54, 1.807) is 11.3 Å². The third kappa shape index (κ3) is 2.13. The predicted molar refractivity (Wildman–Crippen MR) is 59.6 cm³/mol. The van der Waals surface area contributed by atoms with Gasteiger partial charge in [0.25, 0.3) is 0 Å². The molecule has 3 nitrogen and oxygen atoms in total. The maximum atomic E-state index is 4.37. The second kappa shape index (κ2) is 4.38. The van der Waals surface area contributed by atoms with Crippen molar-refractivity contribution in [3.8, 4) is 0 Å². The zero-order valence-electron chi connectivity index (χ0n) is 8.73. The highest BCUT2D eigenvalue weighted by Crippen LogP contribution is 2.22. The molecule has 4 heteroatoms. The van der Waals surface area contributed by atoms with Crippen molar-refractivity contribution in [1.29, 1.82) is 0 Å². The average molecular weight is 211 g/mol. The van der Waals surface area contributed by atoms with Crippen molar-refractivity contribution in [3.05, 3.63) is 16.6 Å². The highest BCUT2D eigenvalue weighted by Gasteiger charge is 2.22. The Labute approximate surface area is 89.1 Å². The molecule has 1 aromatic rings. The van der Waals surface area contributed by atoms with Crippen LogP contribution in [0.2, 0.25) is 0 Å². The van der Waals surface area contributed by atoms with E-state index in [0.29, 0.717) is 12.1 Å². The number of hydrogen-bond donors (Lipinski definition) is 1. The zero-order valence-corrected chi connectivity index (χ0v) is 9.55. The quantitative estimate of drug-likeness (QED) is 0.803. The third-order valence-electron chi connectivity index (χ3n) is 2.76. The molecular formula is C10H17N3S. The summed E-state index contributed by atoms with van der Waals surface area (Å²) >= 11 is 1.75. The molecule has 0 bridgehead atoms. The average Bonchev–Trinajstić information content (AvgIpc) is 2.69. The fourth-order valence-corrected chi connectivity index (χ4v) is 2.64. The Morgan fingerprint density at radius 2 is 2.57 bits per heavy atom. The van der Waals surface area contributed by atoms with Crippen LogP contribution >= 0.6 is 11.3 Å². The van der Waals surface area contributed by atoms with Gasteiger partial charge >= 0.3 is 0 Å². The van der Waals surface area contributed by atoms with Crippen LogP contribution in [0.3, 0.4) is 0 Å². The molecule has 1 aromatic heterocycles. The molecule has 14 heavy (non-hydrogen) atoms. The standard InChI is InChI=1S/C10H17N3S/c1-8-7-13(5-3-11-8)9(2)10-12-4-6-14-10/h4,6,8-9,11H,3,5,7H2,1-2H3. The van der Waals surface area contributed by atoms with Gasteiger partial charge in [-0.25, -0.2) is 4.98 Å². The van der Waals surface area contributed by atoms with Gasteiger partial charge in [-0.05, 0) is 13.8 Å². The summed E-state index contributed by atoms with van der Waals surface area (Å²) in [5, 5.41) is 6.74. The van der Waals surface area contributed by atoms with E-state index in [1.165, 1.54) is 5.01 Å². The second-order valence-corrected chi connectivity index (χ2v) is 4.82. The molecule has 2 unspecified atom stereocenters. The van der Waals surface area contributed by atoms with Crippen molar-refractivity contribution >= 4 is 11.3 Å². The molecule has 2 rings (SSSR count). The number of piperazine rings is 1. The number of nitrogens with one attached hydrogen (secondary N) is 1. The van der Waals surface area contributed by atoms with E-state index in [1.807, 2.05) is 6.20 Å². The summed E-state index contributed by atoms with van der Waals surface area (Å²) in [6.45, 7) is 7.83. The molecule has 0 spiro atoms. The summed E-state index contributed by atoms with van der Waals surface area (Å²) in [7, 11) is 0. The largest absolute Gasteiger partial charge is 0.312 e. The SMILES string of the molecule is CC1CN(C(C)c2nccs2)CCN1. The first-order valence-corrected chi connectivity index (χ1v) is 6.02. The van der Waals surface area contributed by atoms with Crippen LogP contribution < -0.4 is 5.32 Å². The van der Waals surface area contributed by atoms with Crippen molar-refractivity contribution < 1.29 is 0 Å². The van der Waals surface area contributed by atoms with Gasteiger partial charge in [-0.3, -0.25) is 4.90 Å². The van der Waals surface area contributed by atoms with Crippen molar-refractivity contribution in [2.75, 3.05) is 19.6 Å². The highest BCUT2D eigenvalue weighted by molar-refractivity contribution is 7.09. The molecule has 78 valence electrons. The van der Waals surface area contributed by atoms with E-state index in [2.05, 4.69) is 34.4 Å². The minimum Gasteiger partial charge on any atom is -0.312 e. The molecule has 1 aliphatic heterocycles. The Morgan fingerprint density at radius 1 is 1.71 bits per heavy atom. The lowest BCUT2D eigenvalue weighted by Gasteiger charge is -2.35. The Balaban J connectivity index is 2.00. The maximum Gasteiger partial charge on any atom is 0.109 e. The monoisotopic (exact) mass is 211 g/mol. The van der Waals surface area contributed by atoms with Gasteiger partial charge in [-0.1, -0.05) is 0 Å². The van der Waals surface area contributed by atoms with E-state index in [4.69, 9.17) is 0 Å². The molecule has 1 saturated heterocycles. The molecule has 1 aliphatic rings. The summed E-state index contributed by atoms with van der Waals surface area (Å²) in [6.07, 6.45) is 1.89. The van der Waals surface area contributed by atoms with Gasteiger partial charge in [0.15, 0.2) is 0 Å².